The summed E-state index contributed by atoms with van der Waals surface area (Å²) in [5.74, 6) is 1.82. The van der Waals surface area contributed by atoms with Crippen molar-refractivity contribution in [3.8, 4) is 17.0 Å². The first-order chi connectivity index (χ1) is 12.8. The van der Waals surface area contributed by atoms with E-state index in [0.29, 0.717) is 0 Å². The molecule has 0 aliphatic rings. The third-order valence-electron chi connectivity index (χ3n) is 4.48. The van der Waals surface area contributed by atoms with Gasteiger partial charge < -0.3 is 10.1 Å². The van der Waals surface area contributed by atoms with Crippen molar-refractivity contribution in [2.75, 3.05) is 12.4 Å². The first kappa shape index (κ1) is 16.2. The molecule has 0 amide bonds. The minimum absolute atomic E-state index is 0.736. The van der Waals surface area contributed by atoms with Crippen LogP contribution in [-0.4, -0.2) is 16.5 Å². The average Bonchev–Trinajstić information content (AvgIpc) is 3.07. The standard InChI is InChI=1S/C22H21N3O/c1-16-8-6-13-20-24-21(18-11-7-12-19(14-18)26-2)22(25(16)20)23-15-17-9-4-3-5-10-17/h3-14,23H,15H2,1-2H3. The molecule has 0 aliphatic heterocycles. The number of nitrogens with zero attached hydrogens (tertiary/aromatic N) is 2. The molecule has 2 heterocycles. The summed E-state index contributed by atoms with van der Waals surface area (Å²) in [7, 11) is 1.68. The monoisotopic (exact) mass is 343 g/mol. The van der Waals surface area contributed by atoms with Crippen LogP contribution in [0.4, 0.5) is 5.82 Å². The molecular formula is C22H21N3O. The molecule has 1 N–H and O–H groups in total. The van der Waals surface area contributed by atoms with Crippen molar-refractivity contribution in [2.45, 2.75) is 13.5 Å². The Morgan fingerprint density at radius 2 is 1.77 bits per heavy atom. The topological polar surface area (TPSA) is 38.6 Å². The second-order valence-electron chi connectivity index (χ2n) is 6.24. The number of aromatic nitrogens is 2. The van der Waals surface area contributed by atoms with Crippen LogP contribution >= 0.6 is 0 Å². The maximum atomic E-state index is 5.39. The molecule has 4 rings (SSSR count). The molecule has 0 bridgehead atoms. The molecule has 4 heteroatoms. The maximum Gasteiger partial charge on any atom is 0.139 e. The van der Waals surface area contributed by atoms with E-state index in [2.05, 4.69) is 53.0 Å². The average molecular weight is 343 g/mol. The van der Waals surface area contributed by atoms with Crippen LogP contribution in [0, 0.1) is 6.92 Å². The highest BCUT2D eigenvalue weighted by atomic mass is 16.5. The predicted octanol–water partition coefficient (Wildman–Crippen LogP) is 4.93. The van der Waals surface area contributed by atoms with Gasteiger partial charge in [-0.15, -0.1) is 0 Å². The van der Waals surface area contributed by atoms with E-state index < -0.39 is 0 Å². The molecule has 2 aromatic carbocycles. The van der Waals surface area contributed by atoms with Crippen LogP contribution in [0.5, 0.6) is 5.75 Å². The fourth-order valence-electron chi connectivity index (χ4n) is 3.17. The largest absolute Gasteiger partial charge is 0.497 e. The van der Waals surface area contributed by atoms with Gasteiger partial charge in [-0.2, -0.15) is 0 Å². The number of hydrogen-bond acceptors (Lipinski definition) is 3. The first-order valence-electron chi connectivity index (χ1n) is 8.66. The first-order valence-corrected chi connectivity index (χ1v) is 8.66. The van der Waals surface area contributed by atoms with Crippen LogP contribution in [0.1, 0.15) is 11.3 Å². The van der Waals surface area contributed by atoms with Gasteiger partial charge in [0.2, 0.25) is 0 Å². The summed E-state index contributed by atoms with van der Waals surface area (Å²) in [6.45, 7) is 2.83. The van der Waals surface area contributed by atoms with E-state index in [0.717, 1.165) is 40.7 Å². The van der Waals surface area contributed by atoms with E-state index in [4.69, 9.17) is 9.72 Å². The highest BCUT2D eigenvalue weighted by molar-refractivity contribution is 5.77. The maximum absolute atomic E-state index is 5.39. The molecule has 0 spiro atoms. The highest BCUT2D eigenvalue weighted by Crippen LogP contribution is 2.32. The Morgan fingerprint density at radius 1 is 0.962 bits per heavy atom. The normalized spacial score (nSPS) is 10.8. The van der Waals surface area contributed by atoms with E-state index in [1.54, 1.807) is 7.11 Å². The Balaban J connectivity index is 1.82. The van der Waals surface area contributed by atoms with Crippen molar-refractivity contribution in [2.24, 2.45) is 0 Å². The third kappa shape index (κ3) is 3.02. The van der Waals surface area contributed by atoms with E-state index in [1.165, 1.54) is 5.56 Å². The zero-order valence-electron chi connectivity index (χ0n) is 14.9. The van der Waals surface area contributed by atoms with E-state index in [1.807, 2.05) is 36.4 Å². The van der Waals surface area contributed by atoms with Crippen molar-refractivity contribution < 1.29 is 4.74 Å². The summed E-state index contributed by atoms with van der Waals surface area (Å²) in [5.41, 5.74) is 5.25. The third-order valence-corrected chi connectivity index (χ3v) is 4.48. The van der Waals surface area contributed by atoms with Crippen LogP contribution < -0.4 is 10.1 Å². The number of aryl methyl sites for hydroxylation is 1. The van der Waals surface area contributed by atoms with Crippen molar-refractivity contribution in [1.29, 1.82) is 0 Å². The molecule has 130 valence electrons. The van der Waals surface area contributed by atoms with E-state index >= 15 is 0 Å². The zero-order chi connectivity index (χ0) is 17.9. The van der Waals surface area contributed by atoms with Crippen molar-refractivity contribution in [3.63, 3.8) is 0 Å². The molecule has 0 unspecified atom stereocenters. The van der Waals surface area contributed by atoms with Crippen molar-refractivity contribution in [3.05, 3.63) is 84.1 Å². The lowest BCUT2D eigenvalue weighted by atomic mass is 10.1. The molecule has 2 aromatic heterocycles. The predicted molar refractivity (Wildman–Crippen MR) is 106 cm³/mol. The Labute approximate surface area is 153 Å². The number of hydrogen-bond donors (Lipinski definition) is 1. The molecule has 4 aromatic rings. The number of benzene rings is 2. The van der Waals surface area contributed by atoms with Gasteiger partial charge in [-0.3, -0.25) is 4.40 Å². The van der Waals surface area contributed by atoms with Crippen molar-refractivity contribution in [1.82, 2.24) is 9.38 Å². The molecule has 0 saturated carbocycles. The minimum Gasteiger partial charge on any atom is -0.497 e. The quantitative estimate of drug-likeness (QED) is 0.558. The molecule has 0 aliphatic carbocycles. The number of fused-ring (bicyclic) bond motifs is 1. The summed E-state index contributed by atoms with van der Waals surface area (Å²) >= 11 is 0. The molecule has 0 radical (unpaired) electrons. The molecular weight excluding hydrogens is 322 g/mol. The number of imidazole rings is 1. The van der Waals surface area contributed by atoms with Crippen LogP contribution in [-0.2, 0) is 6.54 Å². The molecule has 26 heavy (non-hydrogen) atoms. The summed E-state index contributed by atoms with van der Waals surface area (Å²) < 4.78 is 7.55. The van der Waals surface area contributed by atoms with Gasteiger partial charge in [0.05, 0.1) is 7.11 Å². The molecule has 0 saturated heterocycles. The van der Waals surface area contributed by atoms with Crippen molar-refractivity contribution >= 4 is 11.5 Å². The summed E-state index contributed by atoms with van der Waals surface area (Å²) in [6, 6.07) is 24.6. The van der Waals surface area contributed by atoms with Gasteiger partial charge >= 0.3 is 0 Å². The number of ether oxygens (including phenoxy) is 1. The van der Waals surface area contributed by atoms with Gasteiger partial charge in [0, 0.05) is 17.8 Å². The zero-order valence-corrected chi connectivity index (χ0v) is 14.9. The summed E-state index contributed by atoms with van der Waals surface area (Å²) in [5, 5.41) is 3.59. The number of methoxy groups -OCH3 is 1. The van der Waals surface area contributed by atoms with Gasteiger partial charge in [-0.1, -0.05) is 48.5 Å². The molecule has 0 fully saturated rings. The van der Waals surface area contributed by atoms with Gasteiger partial charge in [-0.25, -0.2) is 4.98 Å². The lowest BCUT2D eigenvalue weighted by molar-refractivity contribution is 0.415. The highest BCUT2D eigenvalue weighted by Gasteiger charge is 2.15. The second kappa shape index (κ2) is 6.92. The number of pyridine rings is 1. The van der Waals surface area contributed by atoms with Gasteiger partial charge in [-0.05, 0) is 36.8 Å². The number of anilines is 1. The summed E-state index contributed by atoms with van der Waals surface area (Å²) in [4.78, 5) is 4.88. The van der Waals surface area contributed by atoms with Crippen LogP contribution in [0.15, 0.2) is 72.8 Å². The van der Waals surface area contributed by atoms with Gasteiger partial charge in [0.25, 0.3) is 0 Å². The van der Waals surface area contributed by atoms with Crippen LogP contribution in [0.25, 0.3) is 16.9 Å². The minimum atomic E-state index is 0.736. The Morgan fingerprint density at radius 3 is 2.58 bits per heavy atom. The second-order valence-corrected chi connectivity index (χ2v) is 6.24. The fourth-order valence-corrected chi connectivity index (χ4v) is 3.17. The smallest absolute Gasteiger partial charge is 0.139 e. The van der Waals surface area contributed by atoms with Gasteiger partial charge in [0.15, 0.2) is 0 Å². The lowest BCUT2D eigenvalue weighted by Crippen LogP contribution is -2.04. The van der Waals surface area contributed by atoms with Crippen LogP contribution in [0.3, 0.4) is 0 Å². The number of rotatable bonds is 5. The number of nitrogens with one attached hydrogen (secondary N) is 1. The molecule has 4 nitrogen and oxygen atoms in total. The SMILES string of the molecule is COc1cccc(-c2nc3cccc(C)n3c2NCc2ccccc2)c1. The molecule has 0 atom stereocenters. The lowest BCUT2D eigenvalue weighted by Gasteiger charge is -2.11. The van der Waals surface area contributed by atoms with Crippen LogP contribution in [0.2, 0.25) is 0 Å². The van der Waals surface area contributed by atoms with E-state index in [9.17, 15) is 0 Å². The fraction of sp³-hybridized carbons (Fsp3) is 0.136. The Hall–Kier alpha value is -3.27. The summed E-state index contributed by atoms with van der Waals surface area (Å²) in [6.07, 6.45) is 0. The van der Waals surface area contributed by atoms with Gasteiger partial charge in [0.1, 0.15) is 22.9 Å². The Bertz CT molecular complexity index is 1040. The van der Waals surface area contributed by atoms with E-state index in [-0.39, 0.29) is 0 Å². The Kier molecular flexibility index (Phi) is 4.32.